The molecule has 0 radical (unpaired) electrons. The molecule has 0 saturated carbocycles. The fourth-order valence-corrected chi connectivity index (χ4v) is 2.34. The molecule has 0 N–H and O–H groups in total. The number of fused-ring (bicyclic) bond motifs is 1. The van der Waals surface area contributed by atoms with Gasteiger partial charge in [-0.25, -0.2) is 0 Å². The number of benzene rings is 1. The summed E-state index contributed by atoms with van der Waals surface area (Å²) < 4.78 is 16.1. The van der Waals surface area contributed by atoms with Gasteiger partial charge < -0.3 is 19.1 Å². The zero-order chi connectivity index (χ0) is 11.7. The van der Waals surface area contributed by atoms with Crippen molar-refractivity contribution in [2.75, 3.05) is 38.5 Å². The Morgan fingerprint density at radius 1 is 1.29 bits per heavy atom. The monoisotopic (exact) mass is 235 g/mol. The molecule has 1 aromatic carbocycles. The molecule has 2 heterocycles. The van der Waals surface area contributed by atoms with Crippen LogP contribution in [0.2, 0.25) is 0 Å². The van der Waals surface area contributed by atoms with E-state index in [1.807, 2.05) is 12.1 Å². The van der Waals surface area contributed by atoms with Crippen molar-refractivity contribution >= 4 is 5.69 Å². The van der Waals surface area contributed by atoms with Crippen LogP contribution in [0.25, 0.3) is 0 Å². The molecule has 1 fully saturated rings. The van der Waals surface area contributed by atoms with Crippen LogP contribution in [0.5, 0.6) is 11.5 Å². The molecule has 3 rings (SSSR count). The highest BCUT2D eigenvalue weighted by molar-refractivity contribution is 5.56. The third-order valence-electron chi connectivity index (χ3n) is 3.35. The van der Waals surface area contributed by atoms with Gasteiger partial charge in [-0.3, -0.25) is 0 Å². The highest BCUT2D eigenvalue weighted by atomic mass is 16.7. The maximum absolute atomic E-state index is 5.40. The first-order valence-electron chi connectivity index (χ1n) is 6.01. The number of hydrogen-bond acceptors (Lipinski definition) is 4. The number of anilines is 1. The first-order valence-corrected chi connectivity index (χ1v) is 6.01. The van der Waals surface area contributed by atoms with Crippen LogP contribution in [0.15, 0.2) is 18.2 Å². The minimum Gasteiger partial charge on any atom is -0.454 e. The lowest BCUT2D eigenvalue weighted by molar-refractivity contribution is 0.174. The number of hydrogen-bond donors (Lipinski definition) is 0. The van der Waals surface area contributed by atoms with Crippen molar-refractivity contribution in [2.45, 2.75) is 6.42 Å². The van der Waals surface area contributed by atoms with Gasteiger partial charge in [-0.15, -0.1) is 0 Å². The standard InChI is InChI=1S/C13H17NO3/c1-14(7-10-4-5-15-8-10)11-2-3-12-13(6-11)17-9-16-12/h2-3,6,10H,4-5,7-9H2,1H3/t10-/m0/s1. The second kappa shape index (κ2) is 4.45. The van der Waals surface area contributed by atoms with Gasteiger partial charge in [-0.2, -0.15) is 0 Å². The van der Waals surface area contributed by atoms with Crippen molar-refractivity contribution < 1.29 is 14.2 Å². The van der Waals surface area contributed by atoms with Gasteiger partial charge >= 0.3 is 0 Å². The molecule has 0 spiro atoms. The lowest BCUT2D eigenvalue weighted by atomic mass is 10.1. The van der Waals surface area contributed by atoms with Gasteiger partial charge in [-0.05, 0) is 18.6 Å². The SMILES string of the molecule is CN(C[C@@H]1CCOC1)c1ccc2c(c1)OCO2. The summed E-state index contributed by atoms with van der Waals surface area (Å²) >= 11 is 0. The van der Waals surface area contributed by atoms with Crippen LogP contribution in [0.1, 0.15) is 6.42 Å². The summed E-state index contributed by atoms with van der Waals surface area (Å²) in [5, 5.41) is 0. The van der Waals surface area contributed by atoms with Gasteiger partial charge in [0.2, 0.25) is 6.79 Å². The molecular formula is C13H17NO3. The Balaban J connectivity index is 1.70. The molecule has 0 aliphatic carbocycles. The van der Waals surface area contributed by atoms with Crippen molar-refractivity contribution in [1.82, 2.24) is 0 Å². The van der Waals surface area contributed by atoms with Crippen LogP contribution in [0.4, 0.5) is 5.69 Å². The van der Waals surface area contributed by atoms with Crippen LogP contribution in [-0.4, -0.2) is 33.6 Å². The summed E-state index contributed by atoms with van der Waals surface area (Å²) in [5.41, 5.74) is 1.17. The summed E-state index contributed by atoms with van der Waals surface area (Å²) in [4.78, 5) is 2.25. The van der Waals surface area contributed by atoms with E-state index in [2.05, 4.69) is 18.0 Å². The maximum atomic E-state index is 5.40. The highest BCUT2D eigenvalue weighted by Crippen LogP contribution is 2.35. The Morgan fingerprint density at radius 2 is 2.18 bits per heavy atom. The van der Waals surface area contributed by atoms with E-state index >= 15 is 0 Å². The molecule has 1 aromatic rings. The highest BCUT2D eigenvalue weighted by Gasteiger charge is 2.19. The van der Waals surface area contributed by atoms with Crippen molar-refractivity contribution in [2.24, 2.45) is 5.92 Å². The molecule has 4 nitrogen and oxygen atoms in total. The quantitative estimate of drug-likeness (QED) is 0.800. The molecule has 1 saturated heterocycles. The number of rotatable bonds is 3. The van der Waals surface area contributed by atoms with E-state index in [9.17, 15) is 0 Å². The summed E-state index contributed by atoms with van der Waals surface area (Å²) in [6.07, 6.45) is 1.16. The zero-order valence-corrected chi connectivity index (χ0v) is 10.0. The van der Waals surface area contributed by atoms with Crippen molar-refractivity contribution in [3.05, 3.63) is 18.2 Å². The third kappa shape index (κ3) is 2.17. The molecule has 0 unspecified atom stereocenters. The molecular weight excluding hydrogens is 218 g/mol. The summed E-state index contributed by atoms with van der Waals surface area (Å²) in [6, 6.07) is 6.08. The molecule has 1 atom stereocenters. The first kappa shape index (κ1) is 10.7. The normalized spacial score (nSPS) is 21.8. The average Bonchev–Trinajstić information content (AvgIpc) is 2.97. The minimum atomic E-state index is 0.332. The van der Waals surface area contributed by atoms with Gasteiger partial charge in [0.25, 0.3) is 0 Å². The molecule has 0 aromatic heterocycles. The Morgan fingerprint density at radius 3 is 3.00 bits per heavy atom. The minimum absolute atomic E-state index is 0.332. The molecule has 2 aliphatic heterocycles. The van der Waals surface area contributed by atoms with E-state index in [-0.39, 0.29) is 0 Å². The predicted molar refractivity (Wildman–Crippen MR) is 64.8 cm³/mol. The second-order valence-electron chi connectivity index (χ2n) is 4.65. The summed E-state index contributed by atoms with van der Waals surface area (Å²) in [7, 11) is 2.11. The van der Waals surface area contributed by atoms with Crippen molar-refractivity contribution in [3.63, 3.8) is 0 Å². The lowest BCUT2D eigenvalue weighted by Crippen LogP contribution is -2.25. The van der Waals surface area contributed by atoms with E-state index < -0.39 is 0 Å². The van der Waals surface area contributed by atoms with E-state index in [1.165, 1.54) is 5.69 Å². The zero-order valence-electron chi connectivity index (χ0n) is 10.0. The smallest absolute Gasteiger partial charge is 0.231 e. The fourth-order valence-electron chi connectivity index (χ4n) is 2.34. The molecule has 0 bridgehead atoms. The largest absolute Gasteiger partial charge is 0.454 e. The maximum Gasteiger partial charge on any atom is 0.231 e. The lowest BCUT2D eigenvalue weighted by Gasteiger charge is -2.22. The number of nitrogens with zero attached hydrogens (tertiary/aromatic N) is 1. The van der Waals surface area contributed by atoms with Crippen LogP contribution >= 0.6 is 0 Å². The van der Waals surface area contributed by atoms with E-state index in [0.29, 0.717) is 12.7 Å². The van der Waals surface area contributed by atoms with E-state index in [4.69, 9.17) is 14.2 Å². The van der Waals surface area contributed by atoms with Gasteiger partial charge in [-0.1, -0.05) is 0 Å². The Kier molecular flexibility index (Phi) is 2.81. The van der Waals surface area contributed by atoms with Crippen LogP contribution < -0.4 is 14.4 Å². The van der Waals surface area contributed by atoms with E-state index in [1.54, 1.807) is 0 Å². The van der Waals surface area contributed by atoms with Crippen LogP contribution in [0, 0.1) is 5.92 Å². The molecule has 4 heteroatoms. The molecule has 2 aliphatic rings. The third-order valence-corrected chi connectivity index (χ3v) is 3.35. The van der Waals surface area contributed by atoms with Gasteiger partial charge in [0.1, 0.15) is 0 Å². The fraction of sp³-hybridized carbons (Fsp3) is 0.538. The Bertz CT molecular complexity index is 402. The van der Waals surface area contributed by atoms with Crippen molar-refractivity contribution in [3.8, 4) is 11.5 Å². The first-order chi connectivity index (χ1) is 8.33. The van der Waals surface area contributed by atoms with E-state index in [0.717, 1.165) is 37.7 Å². The van der Waals surface area contributed by atoms with Crippen LogP contribution in [-0.2, 0) is 4.74 Å². The molecule has 0 amide bonds. The number of ether oxygens (including phenoxy) is 3. The topological polar surface area (TPSA) is 30.9 Å². The van der Waals surface area contributed by atoms with Gasteiger partial charge in [0.05, 0.1) is 6.61 Å². The second-order valence-corrected chi connectivity index (χ2v) is 4.65. The van der Waals surface area contributed by atoms with Crippen LogP contribution in [0.3, 0.4) is 0 Å². The van der Waals surface area contributed by atoms with Crippen molar-refractivity contribution in [1.29, 1.82) is 0 Å². The Hall–Kier alpha value is -1.42. The van der Waals surface area contributed by atoms with Gasteiger partial charge in [0, 0.05) is 37.9 Å². The summed E-state index contributed by atoms with van der Waals surface area (Å²) in [5.74, 6) is 2.33. The predicted octanol–water partition coefficient (Wildman–Crippen LogP) is 1.89. The molecule has 92 valence electrons. The van der Waals surface area contributed by atoms with Gasteiger partial charge in [0.15, 0.2) is 11.5 Å². The molecule has 17 heavy (non-hydrogen) atoms. The average molecular weight is 235 g/mol. The summed E-state index contributed by atoms with van der Waals surface area (Å²) in [6.45, 7) is 3.15. The Labute approximate surface area is 101 Å².